The first kappa shape index (κ1) is 15.3. The third-order valence-corrected chi connectivity index (χ3v) is 4.06. The lowest BCUT2D eigenvalue weighted by molar-refractivity contribution is 0.321. The first-order valence-electron chi connectivity index (χ1n) is 7.60. The SMILES string of the molecule is CN(CC1CCC1)c1cccc(F)c1CNC(C)(C)C. The summed E-state index contributed by atoms with van der Waals surface area (Å²) in [4.78, 5) is 2.21. The van der Waals surface area contributed by atoms with E-state index < -0.39 is 0 Å². The largest absolute Gasteiger partial charge is 0.374 e. The molecular formula is C17H27FN2. The van der Waals surface area contributed by atoms with Crippen LogP contribution in [0.5, 0.6) is 0 Å². The maximum Gasteiger partial charge on any atom is 0.129 e. The molecule has 0 bridgehead atoms. The molecule has 3 heteroatoms. The summed E-state index contributed by atoms with van der Waals surface area (Å²) in [5.74, 6) is 0.673. The molecule has 0 spiro atoms. The molecule has 1 fully saturated rings. The van der Waals surface area contributed by atoms with Gasteiger partial charge in [0.25, 0.3) is 0 Å². The summed E-state index contributed by atoms with van der Waals surface area (Å²) in [6.45, 7) is 7.91. The Morgan fingerprint density at radius 1 is 1.30 bits per heavy atom. The van der Waals surface area contributed by atoms with Gasteiger partial charge in [-0.3, -0.25) is 0 Å². The fraction of sp³-hybridized carbons (Fsp3) is 0.647. The predicted octanol–water partition coefficient (Wildman–Crippen LogP) is 3.95. The molecule has 0 unspecified atom stereocenters. The van der Waals surface area contributed by atoms with Crippen molar-refractivity contribution in [2.75, 3.05) is 18.5 Å². The molecule has 0 heterocycles. The number of benzene rings is 1. The molecule has 0 aromatic heterocycles. The molecule has 2 nitrogen and oxygen atoms in total. The van der Waals surface area contributed by atoms with Crippen LogP contribution < -0.4 is 10.2 Å². The molecular weight excluding hydrogens is 251 g/mol. The third kappa shape index (κ3) is 3.95. The second-order valence-electron chi connectivity index (χ2n) is 7.02. The first-order chi connectivity index (χ1) is 9.37. The Bertz CT molecular complexity index is 447. The van der Waals surface area contributed by atoms with Crippen molar-refractivity contribution < 1.29 is 4.39 Å². The number of halogens is 1. The zero-order valence-corrected chi connectivity index (χ0v) is 13.2. The van der Waals surface area contributed by atoms with Crippen molar-refractivity contribution in [1.29, 1.82) is 0 Å². The topological polar surface area (TPSA) is 15.3 Å². The summed E-state index contributed by atoms with van der Waals surface area (Å²) in [7, 11) is 2.08. The van der Waals surface area contributed by atoms with Gasteiger partial charge in [0.1, 0.15) is 5.82 Å². The Hall–Kier alpha value is -1.09. The van der Waals surface area contributed by atoms with Gasteiger partial charge in [0.15, 0.2) is 0 Å². The van der Waals surface area contributed by atoms with Gasteiger partial charge in [0.2, 0.25) is 0 Å². The van der Waals surface area contributed by atoms with Crippen molar-refractivity contribution in [1.82, 2.24) is 5.32 Å². The first-order valence-corrected chi connectivity index (χ1v) is 7.60. The second-order valence-corrected chi connectivity index (χ2v) is 7.02. The van der Waals surface area contributed by atoms with E-state index in [9.17, 15) is 4.39 Å². The number of rotatable bonds is 5. The van der Waals surface area contributed by atoms with Crippen LogP contribution in [0.25, 0.3) is 0 Å². The molecule has 1 aliphatic carbocycles. The minimum atomic E-state index is -0.111. The van der Waals surface area contributed by atoms with Gasteiger partial charge in [-0.1, -0.05) is 12.5 Å². The van der Waals surface area contributed by atoms with Crippen molar-refractivity contribution in [3.05, 3.63) is 29.6 Å². The summed E-state index contributed by atoms with van der Waals surface area (Å²) in [6, 6.07) is 5.39. The van der Waals surface area contributed by atoms with E-state index in [2.05, 4.69) is 38.0 Å². The van der Waals surface area contributed by atoms with Gasteiger partial charge in [0, 0.05) is 36.9 Å². The zero-order valence-electron chi connectivity index (χ0n) is 13.2. The van der Waals surface area contributed by atoms with Crippen molar-refractivity contribution in [2.45, 2.75) is 52.1 Å². The van der Waals surface area contributed by atoms with Crippen LogP contribution in [0.3, 0.4) is 0 Å². The van der Waals surface area contributed by atoms with Crippen molar-refractivity contribution in [2.24, 2.45) is 5.92 Å². The molecule has 2 rings (SSSR count). The summed E-state index contributed by atoms with van der Waals surface area (Å²) >= 11 is 0. The van der Waals surface area contributed by atoms with Crippen LogP contribution in [0.2, 0.25) is 0 Å². The third-order valence-electron chi connectivity index (χ3n) is 4.06. The minimum absolute atomic E-state index is 0.00784. The smallest absolute Gasteiger partial charge is 0.129 e. The van der Waals surface area contributed by atoms with Crippen LogP contribution in [-0.4, -0.2) is 19.1 Å². The van der Waals surface area contributed by atoms with E-state index in [1.807, 2.05) is 12.1 Å². The highest BCUT2D eigenvalue weighted by molar-refractivity contribution is 5.53. The summed E-state index contributed by atoms with van der Waals surface area (Å²) < 4.78 is 14.2. The molecule has 112 valence electrons. The Morgan fingerprint density at radius 2 is 2.00 bits per heavy atom. The summed E-state index contributed by atoms with van der Waals surface area (Å²) in [6.07, 6.45) is 3.98. The average molecular weight is 278 g/mol. The Kier molecular flexibility index (Phi) is 4.69. The molecule has 0 aliphatic heterocycles. The minimum Gasteiger partial charge on any atom is -0.374 e. The zero-order chi connectivity index (χ0) is 14.8. The van der Waals surface area contributed by atoms with E-state index in [0.29, 0.717) is 6.54 Å². The number of nitrogens with one attached hydrogen (secondary N) is 1. The highest BCUT2D eigenvalue weighted by Crippen LogP contribution is 2.30. The van der Waals surface area contributed by atoms with Gasteiger partial charge < -0.3 is 10.2 Å². The van der Waals surface area contributed by atoms with Gasteiger partial charge >= 0.3 is 0 Å². The highest BCUT2D eigenvalue weighted by Gasteiger charge is 2.21. The van der Waals surface area contributed by atoms with E-state index in [4.69, 9.17) is 0 Å². The van der Waals surface area contributed by atoms with Crippen LogP contribution in [0.4, 0.5) is 10.1 Å². The average Bonchev–Trinajstić information content (AvgIpc) is 2.30. The lowest BCUT2D eigenvalue weighted by atomic mass is 9.85. The molecule has 20 heavy (non-hydrogen) atoms. The van der Waals surface area contributed by atoms with Gasteiger partial charge in [-0.05, 0) is 51.7 Å². The number of hydrogen-bond acceptors (Lipinski definition) is 2. The monoisotopic (exact) mass is 278 g/mol. The van der Waals surface area contributed by atoms with Crippen LogP contribution in [0, 0.1) is 11.7 Å². The Balaban J connectivity index is 2.12. The van der Waals surface area contributed by atoms with Gasteiger partial charge in [-0.15, -0.1) is 0 Å². The lowest BCUT2D eigenvalue weighted by Gasteiger charge is -2.32. The van der Waals surface area contributed by atoms with E-state index >= 15 is 0 Å². The Morgan fingerprint density at radius 3 is 2.55 bits per heavy atom. The molecule has 1 saturated carbocycles. The van der Waals surface area contributed by atoms with Crippen LogP contribution in [-0.2, 0) is 6.54 Å². The number of hydrogen-bond donors (Lipinski definition) is 1. The summed E-state index contributed by atoms with van der Waals surface area (Å²) in [5, 5.41) is 3.39. The molecule has 0 saturated heterocycles. The lowest BCUT2D eigenvalue weighted by Crippen LogP contribution is -2.36. The maximum absolute atomic E-state index is 14.2. The Labute approximate surface area is 122 Å². The predicted molar refractivity (Wildman–Crippen MR) is 83.6 cm³/mol. The number of nitrogens with zero attached hydrogens (tertiary/aromatic N) is 1. The maximum atomic E-state index is 14.2. The van der Waals surface area contributed by atoms with E-state index in [1.165, 1.54) is 19.3 Å². The standard InChI is InChI=1S/C17H27FN2/c1-17(2,3)19-11-14-15(18)9-6-10-16(14)20(4)12-13-7-5-8-13/h6,9-10,13,19H,5,7-8,11-12H2,1-4H3. The van der Waals surface area contributed by atoms with Crippen molar-refractivity contribution in [3.63, 3.8) is 0 Å². The van der Waals surface area contributed by atoms with Gasteiger partial charge in [-0.2, -0.15) is 0 Å². The van der Waals surface area contributed by atoms with Crippen LogP contribution in [0.15, 0.2) is 18.2 Å². The molecule has 1 aromatic rings. The fourth-order valence-electron chi connectivity index (χ4n) is 2.59. The number of anilines is 1. The fourth-order valence-corrected chi connectivity index (χ4v) is 2.59. The van der Waals surface area contributed by atoms with Crippen LogP contribution >= 0.6 is 0 Å². The molecule has 0 amide bonds. The molecule has 1 aromatic carbocycles. The highest BCUT2D eigenvalue weighted by atomic mass is 19.1. The molecule has 1 N–H and O–H groups in total. The molecule has 0 radical (unpaired) electrons. The summed E-state index contributed by atoms with van der Waals surface area (Å²) in [5.41, 5.74) is 1.80. The van der Waals surface area contributed by atoms with E-state index in [0.717, 1.165) is 23.7 Å². The van der Waals surface area contributed by atoms with Crippen molar-refractivity contribution >= 4 is 5.69 Å². The second kappa shape index (κ2) is 6.13. The van der Waals surface area contributed by atoms with E-state index in [1.54, 1.807) is 6.07 Å². The quantitative estimate of drug-likeness (QED) is 0.877. The normalized spacial score (nSPS) is 16.1. The molecule has 1 aliphatic rings. The van der Waals surface area contributed by atoms with Gasteiger partial charge in [-0.25, -0.2) is 4.39 Å². The van der Waals surface area contributed by atoms with Gasteiger partial charge in [0.05, 0.1) is 0 Å². The van der Waals surface area contributed by atoms with E-state index in [-0.39, 0.29) is 11.4 Å². The van der Waals surface area contributed by atoms with Crippen molar-refractivity contribution in [3.8, 4) is 0 Å². The van der Waals surface area contributed by atoms with Crippen LogP contribution in [0.1, 0.15) is 45.6 Å². The molecule has 0 atom stereocenters.